The summed E-state index contributed by atoms with van der Waals surface area (Å²) in [6.45, 7) is 1.49. The SMILES string of the molecule is COC(=O)c1ccc(C(=O)N2CCC3CC=CC=C3C2)cc1. The van der Waals surface area contributed by atoms with E-state index in [4.69, 9.17) is 0 Å². The van der Waals surface area contributed by atoms with E-state index >= 15 is 0 Å². The van der Waals surface area contributed by atoms with Crippen molar-refractivity contribution < 1.29 is 14.3 Å². The molecule has 1 aromatic rings. The van der Waals surface area contributed by atoms with Gasteiger partial charge in [0.05, 0.1) is 12.7 Å². The molecule has 1 aromatic carbocycles. The van der Waals surface area contributed by atoms with E-state index in [0.29, 0.717) is 23.6 Å². The highest BCUT2D eigenvalue weighted by atomic mass is 16.5. The van der Waals surface area contributed by atoms with Crippen LogP contribution in [0.5, 0.6) is 0 Å². The van der Waals surface area contributed by atoms with Crippen molar-refractivity contribution in [2.75, 3.05) is 20.2 Å². The average molecular weight is 297 g/mol. The number of hydrogen-bond acceptors (Lipinski definition) is 3. The van der Waals surface area contributed by atoms with Gasteiger partial charge < -0.3 is 9.64 Å². The third kappa shape index (κ3) is 2.82. The van der Waals surface area contributed by atoms with Gasteiger partial charge in [-0.1, -0.05) is 18.2 Å². The monoisotopic (exact) mass is 297 g/mol. The summed E-state index contributed by atoms with van der Waals surface area (Å²) in [4.78, 5) is 25.9. The molecule has 1 amide bonds. The minimum atomic E-state index is -0.390. The van der Waals surface area contributed by atoms with Crippen LogP contribution in [0.1, 0.15) is 33.6 Å². The number of methoxy groups -OCH3 is 1. The Bertz CT molecular complexity index is 643. The molecule has 0 aromatic heterocycles. The van der Waals surface area contributed by atoms with Crippen molar-refractivity contribution in [2.45, 2.75) is 12.8 Å². The number of hydrogen-bond donors (Lipinski definition) is 0. The molecule has 1 atom stereocenters. The minimum Gasteiger partial charge on any atom is -0.465 e. The summed E-state index contributed by atoms with van der Waals surface area (Å²) in [5.41, 5.74) is 2.41. The Balaban J connectivity index is 1.72. The Morgan fingerprint density at radius 2 is 1.91 bits per heavy atom. The van der Waals surface area contributed by atoms with Crippen LogP contribution in [0.2, 0.25) is 0 Å². The standard InChI is InChI=1S/C18H19NO3/c1-22-18(21)15-8-6-14(7-9-15)17(20)19-11-10-13-4-2-3-5-16(13)12-19/h2-3,5-9,13H,4,10-12H2,1H3. The second-order valence-electron chi connectivity index (χ2n) is 5.69. The number of rotatable bonds is 2. The summed E-state index contributed by atoms with van der Waals surface area (Å²) >= 11 is 0. The average Bonchev–Trinajstić information content (AvgIpc) is 2.60. The molecule has 2 aliphatic rings. The van der Waals surface area contributed by atoms with Crippen LogP contribution in [-0.2, 0) is 4.74 Å². The van der Waals surface area contributed by atoms with Crippen molar-refractivity contribution >= 4 is 11.9 Å². The van der Waals surface area contributed by atoms with E-state index in [2.05, 4.69) is 23.0 Å². The minimum absolute atomic E-state index is 0.0188. The Kier molecular flexibility index (Phi) is 4.09. The number of esters is 1. The second-order valence-corrected chi connectivity index (χ2v) is 5.69. The van der Waals surface area contributed by atoms with Gasteiger partial charge in [0.15, 0.2) is 0 Å². The molecule has 1 heterocycles. The lowest BCUT2D eigenvalue weighted by atomic mass is 9.85. The third-order valence-electron chi connectivity index (χ3n) is 4.35. The van der Waals surface area contributed by atoms with Gasteiger partial charge in [-0.3, -0.25) is 4.79 Å². The molecule has 1 saturated heterocycles. The molecule has 4 nitrogen and oxygen atoms in total. The summed E-state index contributed by atoms with van der Waals surface area (Å²) in [5, 5.41) is 0. The molecular formula is C18H19NO3. The largest absolute Gasteiger partial charge is 0.465 e. The number of piperidine rings is 1. The van der Waals surface area contributed by atoms with Crippen molar-refractivity contribution in [1.82, 2.24) is 4.90 Å². The first kappa shape index (κ1) is 14.6. The lowest BCUT2D eigenvalue weighted by Crippen LogP contribution is -2.40. The lowest BCUT2D eigenvalue weighted by molar-refractivity contribution is 0.0599. The van der Waals surface area contributed by atoms with Crippen LogP contribution in [0, 0.1) is 5.92 Å². The molecule has 114 valence electrons. The van der Waals surface area contributed by atoms with Crippen molar-refractivity contribution in [1.29, 1.82) is 0 Å². The van der Waals surface area contributed by atoms with E-state index in [1.165, 1.54) is 12.7 Å². The van der Waals surface area contributed by atoms with Crippen LogP contribution in [-0.4, -0.2) is 37.0 Å². The molecule has 1 aliphatic carbocycles. The molecular weight excluding hydrogens is 278 g/mol. The maximum atomic E-state index is 12.6. The van der Waals surface area contributed by atoms with Crippen molar-refractivity contribution in [3.63, 3.8) is 0 Å². The zero-order valence-corrected chi connectivity index (χ0v) is 12.6. The van der Waals surface area contributed by atoms with Crippen molar-refractivity contribution in [3.05, 3.63) is 59.2 Å². The van der Waals surface area contributed by atoms with Crippen LogP contribution in [0.4, 0.5) is 0 Å². The molecule has 1 aliphatic heterocycles. The molecule has 4 heteroatoms. The second kappa shape index (κ2) is 6.18. The van der Waals surface area contributed by atoms with Gasteiger partial charge in [-0.2, -0.15) is 0 Å². The molecule has 1 unspecified atom stereocenters. The van der Waals surface area contributed by atoms with Crippen LogP contribution in [0.25, 0.3) is 0 Å². The zero-order valence-electron chi connectivity index (χ0n) is 12.6. The predicted molar refractivity (Wildman–Crippen MR) is 83.6 cm³/mol. The van der Waals surface area contributed by atoms with Crippen molar-refractivity contribution in [2.24, 2.45) is 5.92 Å². The van der Waals surface area contributed by atoms with Gasteiger partial charge in [0.25, 0.3) is 5.91 Å². The first-order valence-electron chi connectivity index (χ1n) is 7.52. The van der Waals surface area contributed by atoms with Crippen LogP contribution in [0.3, 0.4) is 0 Å². The van der Waals surface area contributed by atoms with Gasteiger partial charge in [0, 0.05) is 18.7 Å². The highest BCUT2D eigenvalue weighted by Gasteiger charge is 2.27. The number of allylic oxidation sites excluding steroid dienone is 3. The van der Waals surface area contributed by atoms with E-state index < -0.39 is 0 Å². The molecule has 22 heavy (non-hydrogen) atoms. The van der Waals surface area contributed by atoms with Crippen molar-refractivity contribution in [3.8, 4) is 0 Å². The molecule has 0 N–H and O–H groups in total. The fourth-order valence-corrected chi connectivity index (χ4v) is 3.04. The normalized spacial score (nSPS) is 20.1. The summed E-state index contributed by atoms with van der Waals surface area (Å²) in [6.07, 6.45) is 8.50. The topological polar surface area (TPSA) is 46.6 Å². The molecule has 3 rings (SSSR count). The Hall–Kier alpha value is -2.36. The van der Waals surface area contributed by atoms with Crippen LogP contribution < -0.4 is 0 Å². The number of carbonyl (C=O) groups excluding carboxylic acids is 2. The zero-order chi connectivity index (χ0) is 15.5. The van der Waals surface area contributed by atoms with Gasteiger partial charge in [0.2, 0.25) is 0 Å². The number of likely N-dealkylation sites (tertiary alicyclic amines) is 1. The van der Waals surface area contributed by atoms with E-state index in [9.17, 15) is 9.59 Å². The van der Waals surface area contributed by atoms with Gasteiger partial charge in [0.1, 0.15) is 0 Å². The Labute approximate surface area is 130 Å². The molecule has 0 bridgehead atoms. The predicted octanol–water partition coefficient (Wildman–Crippen LogP) is 2.82. The highest BCUT2D eigenvalue weighted by molar-refractivity contribution is 5.96. The van der Waals surface area contributed by atoms with Gasteiger partial charge in [-0.05, 0) is 48.6 Å². The lowest BCUT2D eigenvalue weighted by Gasteiger charge is -2.35. The van der Waals surface area contributed by atoms with Crippen LogP contribution >= 0.6 is 0 Å². The van der Waals surface area contributed by atoms with E-state index in [1.54, 1.807) is 24.3 Å². The van der Waals surface area contributed by atoms with Gasteiger partial charge in [-0.25, -0.2) is 4.79 Å². The first-order chi connectivity index (χ1) is 10.7. The molecule has 0 spiro atoms. The summed E-state index contributed by atoms with van der Waals surface area (Å²) in [7, 11) is 1.35. The fourth-order valence-electron chi connectivity index (χ4n) is 3.04. The van der Waals surface area contributed by atoms with Gasteiger partial charge in [-0.15, -0.1) is 0 Å². The number of amides is 1. The quantitative estimate of drug-likeness (QED) is 0.789. The van der Waals surface area contributed by atoms with Gasteiger partial charge >= 0.3 is 5.97 Å². The highest BCUT2D eigenvalue weighted by Crippen LogP contribution is 2.29. The Morgan fingerprint density at radius 3 is 2.64 bits per heavy atom. The molecule has 1 fully saturated rings. The molecule has 0 saturated carbocycles. The van der Waals surface area contributed by atoms with E-state index in [1.807, 2.05) is 4.90 Å². The van der Waals surface area contributed by atoms with Crippen LogP contribution in [0.15, 0.2) is 48.1 Å². The summed E-state index contributed by atoms with van der Waals surface area (Å²) in [6, 6.07) is 6.65. The maximum absolute atomic E-state index is 12.6. The summed E-state index contributed by atoms with van der Waals surface area (Å²) in [5.74, 6) is 0.222. The third-order valence-corrected chi connectivity index (χ3v) is 4.35. The number of nitrogens with zero attached hydrogens (tertiary/aromatic N) is 1. The number of fused-ring (bicyclic) bond motifs is 1. The first-order valence-corrected chi connectivity index (χ1v) is 7.52. The van der Waals surface area contributed by atoms with E-state index in [0.717, 1.165) is 19.4 Å². The molecule has 0 radical (unpaired) electrons. The number of carbonyl (C=O) groups is 2. The number of benzene rings is 1. The number of ether oxygens (including phenoxy) is 1. The fraction of sp³-hybridized carbons (Fsp3) is 0.333. The maximum Gasteiger partial charge on any atom is 0.337 e. The van der Waals surface area contributed by atoms with E-state index in [-0.39, 0.29) is 11.9 Å². The summed E-state index contributed by atoms with van der Waals surface area (Å²) < 4.78 is 4.66. The Morgan fingerprint density at radius 1 is 1.18 bits per heavy atom. The smallest absolute Gasteiger partial charge is 0.337 e.